The van der Waals surface area contributed by atoms with Crippen molar-refractivity contribution in [1.82, 2.24) is 14.5 Å². The van der Waals surface area contributed by atoms with Gasteiger partial charge in [0, 0.05) is 60.8 Å². The van der Waals surface area contributed by atoms with Gasteiger partial charge in [0.15, 0.2) is 5.84 Å². The van der Waals surface area contributed by atoms with Crippen molar-refractivity contribution in [2.75, 3.05) is 0 Å². The van der Waals surface area contributed by atoms with Crippen molar-refractivity contribution >= 4 is 98.8 Å². The summed E-state index contributed by atoms with van der Waals surface area (Å²) in [7, 11) is 0. The van der Waals surface area contributed by atoms with Crippen molar-refractivity contribution < 1.29 is 4.42 Å². The molecule has 388 valence electrons. The molecule has 1 N–H and O–H groups in total. The van der Waals surface area contributed by atoms with Crippen molar-refractivity contribution in [2.45, 2.75) is 6.17 Å². The number of hydrogen-bond acceptors (Lipinski definition) is 4. The van der Waals surface area contributed by atoms with Crippen molar-refractivity contribution in [3.8, 4) is 44.8 Å². The highest BCUT2D eigenvalue weighted by Gasteiger charge is 2.28. The molecule has 13 aromatic carbocycles. The van der Waals surface area contributed by atoms with Crippen LogP contribution in [0.1, 0.15) is 22.9 Å². The molecule has 1 atom stereocenters. The molecular formula is C77H49N5O. The third-order valence-electron chi connectivity index (χ3n) is 17.0. The third kappa shape index (κ3) is 7.50. The average molecular weight is 1060 g/mol. The van der Waals surface area contributed by atoms with Crippen molar-refractivity contribution in [3.63, 3.8) is 0 Å². The first kappa shape index (κ1) is 46.8. The minimum Gasteiger partial charge on any atom is -0.456 e. The Kier molecular flexibility index (Phi) is 10.6. The van der Waals surface area contributed by atoms with Crippen LogP contribution in [0.25, 0.3) is 132 Å². The molecule has 0 saturated carbocycles. The maximum atomic E-state index is 7.17. The summed E-state index contributed by atoms with van der Waals surface area (Å²) in [5, 5.41) is 15.2. The number of furan rings is 1. The van der Waals surface area contributed by atoms with Crippen LogP contribution in [0.2, 0.25) is 0 Å². The first-order chi connectivity index (χ1) is 41.2. The van der Waals surface area contributed by atoms with E-state index in [-0.39, 0.29) is 0 Å². The van der Waals surface area contributed by atoms with E-state index in [1.807, 2.05) is 0 Å². The molecule has 1 unspecified atom stereocenters. The van der Waals surface area contributed by atoms with Gasteiger partial charge in [-0.2, -0.15) is 0 Å². The Balaban J connectivity index is 0.927. The molecular weight excluding hydrogens is 1010 g/mol. The molecule has 17 rings (SSSR count). The van der Waals surface area contributed by atoms with E-state index in [1.165, 1.54) is 37.9 Å². The lowest BCUT2D eigenvalue weighted by Crippen LogP contribution is -2.33. The number of rotatable bonds is 8. The zero-order valence-corrected chi connectivity index (χ0v) is 44.9. The van der Waals surface area contributed by atoms with Gasteiger partial charge in [-0.1, -0.05) is 224 Å². The van der Waals surface area contributed by atoms with Gasteiger partial charge in [-0.15, -0.1) is 0 Å². The van der Waals surface area contributed by atoms with Gasteiger partial charge in [0.1, 0.15) is 23.2 Å². The summed E-state index contributed by atoms with van der Waals surface area (Å²) in [6.07, 6.45) is -0.477. The van der Waals surface area contributed by atoms with Gasteiger partial charge >= 0.3 is 0 Å². The van der Waals surface area contributed by atoms with Crippen molar-refractivity contribution in [1.29, 1.82) is 0 Å². The van der Waals surface area contributed by atoms with Crippen LogP contribution in [-0.4, -0.2) is 20.8 Å². The predicted octanol–water partition coefficient (Wildman–Crippen LogP) is 19.6. The van der Waals surface area contributed by atoms with Crippen LogP contribution < -0.4 is 5.32 Å². The van der Waals surface area contributed by atoms with Gasteiger partial charge in [0.2, 0.25) is 0 Å². The van der Waals surface area contributed by atoms with E-state index in [0.717, 1.165) is 116 Å². The van der Waals surface area contributed by atoms with E-state index in [4.69, 9.17) is 14.4 Å². The largest absolute Gasteiger partial charge is 0.456 e. The van der Waals surface area contributed by atoms with E-state index in [1.54, 1.807) is 0 Å². The number of nitrogens with one attached hydrogen (secondary N) is 1. The highest BCUT2D eigenvalue weighted by molar-refractivity contribution is 6.26. The molecule has 0 radical (unpaired) electrons. The van der Waals surface area contributed by atoms with Gasteiger partial charge in [-0.25, -0.2) is 9.98 Å². The fourth-order valence-corrected chi connectivity index (χ4v) is 13.2. The second-order valence-corrected chi connectivity index (χ2v) is 21.6. The Labute approximate surface area is 477 Å². The third-order valence-corrected chi connectivity index (χ3v) is 17.0. The van der Waals surface area contributed by atoms with Crippen LogP contribution >= 0.6 is 0 Å². The predicted molar refractivity (Wildman–Crippen MR) is 346 cm³/mol. The van der Waals surface area contributed by atoms with E-state index >= 15 is 0 Å². The van der Waals surface area contributed by atoms with E-state index in [9.17, 15) is 0 Å². The fraction of sp³-hybridized carbons (Fsp3) is 0.0130. The molecule has 0 aliphatic carbocycles. The SMILES string of the molecule is c1ccc(-c2ccc(C3N=C(c4cccc5oc6cc(-n7c8ccccc8c8cc9ccccc9cc87)c(-c7ccccc7-c7cccc8ccccc78)cc6c45)N=C(c4cccc5c4c4ccccc4n5-c4ccccc4)N3)cc2)cc1. The molecule has 1 aliphatic heterocycles. The van der Waals surface area contributed by atoms with Crippen LogP contribution in [-0.2, 0) is 0 Å². The first-order valence-electron chi connectivity index (χ1n) is 28.3. The van der Waals surface area contributed by atoms with Gasteiger partial charge < -0.3 is 18.9 Å². The molecule has 83 heavy (non-hydrogen) atoms. The van der Waals surface area contributed by atoms with E-state index in [0.29, 0.717) is 5.84 Å². The summed E-state index contributed by atoms with van der Waals surface area (Å²) in [6.45, 7) is 0. The average Bonchev–Trinajstić information content (AvgIpc) is 2.45. The number of nitrogens with zero attached hydrogens (tertiary/aromatic N) is 4. The highest BCUT2D eigenvalue weighted by Crippen LogP contribution is 2.46. The summed E-state index contributed by atoms with van der Waals surface area (Å²) in [5.74, 6) is 1.36. The van der Waals surface area contributed by atoms with Crippen LogP contribution in [0, 0.1) is 0 Å². The normalized spacial score (nSPS) is 13.7. The smallest absolute Gasteiger partial charge is 0.160 e. The minimum absolute atomic E-state index is 0.477. The monoisotopic (exact) mass is 1060 g/mol. The van der Waals surface area contributed by atoms with E-state index < -0.39 is 6.17 Å². The molecule has 0 spiro atoms. The molecule has 6 nitrogen and oxygen atoms in total. The van der Waals surface area contributed by atoms with Crippen molar-refractivity contribution in [2.24, 2.45) is 9.98 Å². The zero-order valence-electron chi connectivity index (χ0n) is 44.9. The standard InChI is InChI=1S/C77H49N5O/c1-3-20-48(21-4-1)49-40-42-51(43-41-49)75-78-76(61-34-18-38-68-73(61)60-32-14-16-37-67(60)81(68)54-26-5-2-6-27-54)80-77(79-75)62-35-19-39-71-74(62)65-46-64(58-30-12-11-29-57(58)56-33-17-25-50-22-9-10-28-55(50)56)70(47-72(65)83-71)82-66-36-15-13-31-59(66)63-44-52-23-7-8-24-53(52)45-69(63)82/h1-47,75H,(H,78,79,80). The molecule has 1 aliphatic rings. The molecule has 4 heterocycles. The van der Waals surface area contributed by atoms with Crippen molar-refractivity contribution in [3.05, 3.63) is 302 Å². The fourth-order valence-electron chi connectivity index (χ4n) is 13.2. The Bertz CT molecular complexity index is 5350. The number of para-hydroxylation sites is 3. The first-order valence-corrected chi connectivity index (χ1v) is 28.3. The quantitative estimate of drug-likeness (QED) is 0.165. The Morgan fingerprint density at radius 3 is 1.72 bits per heavy atom. The molecule has 0 amide bonds. The number of benzene rings is 13. The number of hydrogen-bond donors (Lipinski definition) is 1. The summed E-state index contributed by atoms with van der Waals surface area (Å²) >= 11 is 0. The Hall–Kier alpha value is -11.1. The number of aliphatic imine (C=N–C) groups is 2. The maximum absolute atomic E-state index is 7.17. The molecule has 0 fully saturated rings. The lowest BCUT2D eigenvalue weighted by molar-refractivity contribution is 0.668. The Morgan fingerprint density at radius 1 is 0.337 bits per heavy atom. The van der Waals surface area contributed by atoms with Crippen LogP contribution in [0.5, 0.6) is 0 Å². The highest BCUT2D eigenvalue weighted by atomic mass is 16.3. The van der Waals surface area contributed by atoms with Crippen LogP contribution in [0.4, 0.5) is 0 Å². The van der Waals surface area contributed by atoms with Gasteiger partial charge in [0.25, 0.3) is 0 Å². The molecule has 3 aromatic heterocycles. The lowest BCUT2D eigenvalue weighted by atomic mass is 9.90. The molecule has 0 saturated heterocycles. The van der Waals surface area contributed by atoms with Gasteiger partial charge in [-0.05, 0) is 110 Å². The van der Waals surface area contributed by atoms with Gasteiger partial charge in [0.05, 0.1) is 27.8 Å². The minimum atomic E-state index is -0.477. The Morgan fingerprint density at radius 2 is 0.916 bits per heavy atom. The topological polar surface area (TPSA) is 59.8 Å². The molecule has 0 bridgehead atoms. The number of aromatic nitrogens is 2. The van der Waals surface area contributed by atoms with Crippen LogP contribution in [0.15, 0.2) is 300 Å². The second-order valence-electron chi connectivity index (χ2n) is 21.6. The summed E-state index contributed by atoms with van der Waals surface area (Å²) in [4.78, 5) is 11.3. The second kappa shape index (κ2) is 18.8. The molecule has 6 heteroatoms. The zero-order chi connectivity index (χ0) is 54.5. The summed E-state index contributed by atoms with van der Waals surface area (Å²) in [5.41, 5.74) is 17.8. The van der Waals surface area contributed by atoms with Gasteiger partial charge in [-0.3, -0.25) is 0 Å². The summed E-state index contributed by atoms with van der Waals surface area (Å²) < 4.78 is 12.0. The van der Waals surface area contributed by atoms with Crippen LogP contribution in [0.3, 0.4) is 0 Å². The number of amidine groups is 2. The maximum Gasteiger partial charge on any atom is 0.160 e. The lowest BCUT2D eigenvalue weighted by Gasteiger charge is -2.24. The van der Waals surface area contributed by atoms with E-state index in [2.05, 4.69) is 300 Å². The molecule has 16 aromatic rings. The number of fused-ring (bicyclic) bond motifs is 11. The summed E-state index contributed by atoms with van der Waals surface area (Å²) in [6, 6.07) is 102.